The summed E-state index contributed by atoms with van der Waals surface area (Å²) >= 11 is 1.48. The van der Waals surface area contributed by atoms with Crippen LogP contribution in [0.15, 0.2) is 54.6 Å². The Morgan fingerprint density at radius 1 is 1.05 bits per heavy atom. The van der Waals surface area contributed by atoms with Crippen molar-refractivity contribution in [2.45, 2.75) is 12.2 Å². The summed E-state index contributed by atoms with van der Waals surface area (Å²) in [5.41, 5.74) is 2.18. The lowest BCUT2D eigenvalue weighted by Crippen LogP contribution is -1.98. The molecule has 21 heavy (non-hydrogen) atoms. The Kier molecular flexibility index (Phi) is 6.91. The molecule has 0 radical (unpaired) electrons. The fourth-order valence-corrected chi connectivity index (χ4v) is 2.52. The Bertz CT molecular complexity index is 603. The van der Waals surface area contributed by atoms with E-state index < -0.39 is 4.92 Å². The first-order chi connectivity index (χ1) is 9.65. The first-order valence-corrected chi connectivity index (χ1v) is 7.11. The van der Waals surface area contributed by atoms with Crippen molar-refractivity contribution in [3.63, 3.8) is 0 Å². The van der Waals surface area contributed by atoms with Crippen LogP contribution in [0.4, 0.5) is 5.69 Å². The molecular formula is C15H15ClN2O2S. The van der Waals surface area contributed by atoms with E-state index in [2.05, 4.69) is 0 Å². The molecule has 0 bridgehead atoms. The average molecular weight is 323 g/mol. The molecule has 0 aromatic heterocycles. The molecule has 0 unspecified atom stereocenters. The fraction of sp³-hybridized carbons (Fsp3) is 0.133. The summed E-state index contributed by atoms with van der Waals surface area (Å²) in [6.07, 6.45) is 0.509. The lowest BCUT2D eigenvalue weighted by atomic mass is 10.1. The molecule has 110 valence electrons. The minimum Gasteiger partial charge on any atom is -0.298 e. The van der Waals surface area contributed by atoms with Gasteiger partial charge in [-0.15, -0.1) is 24.2 Å². The highest BCUT2D eigenvalue weighted by atomic mass is 35.5. The zero-order chi connectivity index (χ0) is 14.4. The molecule has 0 heterocycles. The Morgan fingerprint density at radius 2 is 1.67 bits per heavy atom. The van der Waals surface area contributed by atoms with Crippen molar-refractivity contribution in [3.8, 4) is 0 Å². The highest BCUT2D eigenvalue weighted by Crippen LogP contribution is 2.17. The van der Waals surface area contributed by atoms with Crippen LogP contribution < -0.4 is 0 Å². The number of non-ortho nitro benzene ring substituents is 1. The van der Waals surface area contributed by atoms with Crippen molar-refractivity contribution in [1.82, 2.24) is 0 Å². The van der Waals surface area contributed by atoms with Gasteiger partial charge in [0.2, 0.25) is 0 Å². The zero-order valence-corrected chi connectivity index (χ0v) is 12.8. The second kappa shape index (κ2) is 8.44. The normalized spacial score (nSPS) is 9.71. The standard InChI is InChI=1S/C15H14N2O2S.ClH/c16-15(20-11-13-4-2-1-3-5-13)10-12-6-8-14(9-7-12)17(18)19;/h1-9,16H,10-11H2;1H. The molecule has 0 saturated carbocycles. The van der Waals surface area contributed by atoms with E-state index >= 15 is 0 Å². The van der Waals surface area contributed by atoms with E-state index in [0.717, 1.165) is 11.3 Å². The molecule has 1 N–H and O–H groups in total. The molecule has 0 saturated heterocycles. The summed E-state index contributed by atoms with van der Waals surface area (Å²) in [5.74, 6) is 0.770. The number of halogens is 1. The lowest BCUT2D eigenvalue weighted by molar-refractivity contribution is -0.384. The molecule has 6 heteroatoms. The Balaban J connectivity index is 0.00000220. The van der Waals surface area contributed by atoms with Gasteiger partial charge < -0.3 is 0 Å². The highest BCUT2D eigenvalue weighted by molar-refractivity contribution is 8.13. The van der Waals surface area contributed by atoms with E-state index in [-0.39, 0.29) is 18.1 Å². The van der Waals surface area contributed by atoms with E-state index in [9.17, 15) is 10.1 Å². The van der Waals surface area contributed by atoms with Crippen molar-refractivity contribution in [1.29, 1.82) is 5.41 Å². The third-order valence-electron chi connectivity index (χ3n) is 2.77. The van der Waals surface area contributed by atoms with Crippen LogP contribution in [0.2, 0.25) is 0 Å². The zero-order valence-electron chi connectivity index (χ0n) is 11.2. The third-order valence-corrected chi connectivity index (χ3v) is 3.74. The van der Waals surface area contributed by atoms with Gasteiger partial charge in [0.05, 0.1) is 9.97 Å². The second-order valence-electron chi connectivity index (χ2n) is 4.30. The average Bonchev–Trinajstić information content (AvgIpc) is 2.47. The van der Waals surface area contributed by atoms with Crippen LogP contribution in [0.5, 0.6) is 0 Å². The molecule has 2 aromatic rings. The molecule has 0 atom stereocenters. The van der Waals surface area contributed by atoms with E-state index in [4.69, 9.17) is 5.41 Å². The van der Waals surface area contributed by atoms with Gasteiger partial charge in [-0.3, -0.25) is 15.5 Å². The fourth-order valence-electron chi connectivity index (χ4n) is 1.72. The Morgan fingerprint density at radius 3 is 2.24 bits per heavy atom. The van der Waals surface area contributed by atoms with E-state index in [1.54, 1.807) is 12.1 Å². The summed E-state index contributed by atoms with van der Waals surface area (Å²) < 4.78 is 0. The predicted molar refractivity (Wildman–Crippen MR) is 89.5 cm³/mol. The Hall–Kier alpha value is -1.85. The number of thioether (sulfide) groups is 1. The van der Waals surface area contributed by atoms with Gasteiger partial charge in [-0.1, -0.05) is 42.5 Å². The first-order valence-electron chi connectivity index (χ1n) is 6.12. The van der Waals surface area contributed by atoms with Crippen molar-refractivity contribution in [3.05, 3.63) is 75.8 Å². The highest BCUT2D eigenvalue weighted by Gasteiger charge is 2.06. The molecular weight excluding hydrogens is 308 g/mol. The first kappa shape index (κ1) is 17.2. The second-order valence-corrected chi connectivity index (χ2v) is 5.37. The minimum atomic E-state index is -0.417. The maximum Gasteiger partial charge on any atom is 0.269 e. The van der Waals surface area contributed by atoms with Crippen LogP contribution in [0, 0.1) is 15.5 Å². The number of nitro groups is 1. The molecule has 2 aromatic carbocycles. The maximum atomic E-state index is 10.6. The van der Waals surface area contributed by atoms with Gasteiger partial charge in [0.25, 0.3) is 5.69 Å². The molecule has 0 amide bonds. The van der Waals surface area contributed by atoms with Crippen LogP contribution in [-0.4, -0.2) is 9.97 Å². The summed E-state index contributed by atoms with van der Waals surface area (Å²) in [6, 6.07) is 16.4. The molecule has 4 nitrogen and oxygen atoms in total. The van der Waals surface area contributed by atoms with Gasteiger partial charge in [-0.05, 0) is 11.1 Å². The minimum absolute atomic E-state index is 0. The third kappa shape index (κ3) is 5.57. The van der Waals surface area contributed by atoms with Gasteiger partial charge in [0.15, 0.2) is 0 Å². The van der Waals surface area contributed by atoms with Gasteiger partial charge in [0.1, 0.15) is 0 Å². The molecule has 0 aliphatic carbocycles. The van der Waals surface area contributed by atoms with E-state index in [0.29, 0.717) is 11.5 Å². The Labute approximate surface area is 133 Å². The molecule has 2 rings (SSSR count). The number of nitro benzene ring substituents is 1. The molecule has 0 fully saturated rings. The van der Waals surface area contributed by atoms with Crippen LogP contribution in [0.3, 0.4) is 0 Å². The van der Waals surface area contributed by atoms with Gasteiger partial charge >= 0.3 is 0 Å². The smallest absolute Gasteiger partial charge is 0.269 e. The molecule has 0 aliphatic heterocycles. The summed E-state index contributed by atoms with van der Waals surface area (Å²) in [5, 5.41) is 19.1. The van der Waals surface area contributed by atoms with Gasteiger partial charge in [-0.25, -0.2) is 0 Å². The number of rotatable bonds is 5. The number of hydrogen-bond acceptors (Lipinski definition) is 4. The largest absolute Gasteiger partial charge is 0.298 e. The number of nitrogens with one attached hydrogen (secondary N) is 1. The van der Waals surface area contributed by atoms with Crippen LogP contribution >= 0.6 is 24.2 Å². The SMILES string of the molecule is Cl.N=C(Cc1ccc([N+](=O)[O-])cc1)SCc1ccccc1. The number of benzene rings is 2. The van der Waals surface area contributed by atoms with Gasteiger partial charge in [0, 0.05) is 24.3 Å². The summed E-state index contributed by atoms with van der Waals surface area (Å²) in [7, 11) is 0. The van der Waals surface area contributed by atoms with Crippen LogP contribution in [-0.2, 0) is 12.2 Å². The monoisotopic (exact) mass is 322 g/mol. The van der Waals surface area contributed by atoms with Crippen molar-refractivity contribution >= 4 is 34.9 Å². The van der Waals surface area contributed by atoms with Crippen LogP contribution in [0.1, 0.15) is 11.1 Å². The van der Waals surface area contributed by atoms with E-state index in [1.807, 2.05) is 30.3 Å². The van der Waals surface area contributed by atoms with E-state index in [1.165, 1.54) is 29.5 Å². The predicted octanol–water partition coefficient (Wildman–Crippen LogP) is 4.47. The summed E-state index contributed by atoms with van der Waals surface area (Å²) in [4.78, 5) is 10.1. The topological polar surface area (TPSA) is 67.0 Å². The quantitative estimate of drug-likeness (QED) is 0.382. The molecule has 0 aliphatic rings. The maximum absolute atomic E-state index is 10.6. The molecule has 0 spiro atoms. The van der Waals surface area contributed by atoms with Crippen molar-refractivity contribution in [2.24, 2.45) is 0 Å². The lowest BCUT2D eigenvalue weighted by Gasteiger charge is -2.04. The number of hydrogen-bond donors (Lipinski definition) is 1. The van der Waals surface area contributed by atoms with Crippen molar-refractivity contribution < 1.29 is 4.92 Å². The van der Waals surface area contributed by atoms with Crippen molar-refractivity contribution in [2.75, 3.05) is 0 Å². The van der Waals surface area contributed by atoms with Gasteiger partial charge in [-0.2, -0.15) is 0 Å². The summed E-state index contributed by atoms with van der Waals surface area (Å²) in [6.45, 7) is 0. The number of nitrogens with zero attached hydrogens (tertiary/aromatic N) is 1. The van der Waals surface area contributed by atoms with Crippen LogP contribution in [0.25, 0.3) is 0 Å².